The number of aromatic amines is 1. The maximum atomic E-state index is 13.6. The molecular formula is C19H11F4N5O. The van der Waals surface area contributed by atoms with Crippen LogP contribution in [-0.4, -0.2) is 25.8 Å². The van der Waals surface area contributed by atoms with Gasteiger partial charge in [0.05, 0.1) is 23.0 Å². The number of hydrogen-bond donors (Lipinski definition) is 2. The Morgan fingerprint density at radius 1 is 1.10 bits per heavy atom. The fourth-order valence-electron chi connectivity index (χ4n) is 2.82. The molecule has 6 nitrogen and oxygen atoms in total. The molecule has 29 heavy (non-hydrogen) atoms. The molecule has 0 radical (unpaired) electrons. The van der Waals surface area contributed by atoms with E-state index in [0.717, 1.165) is 12.1 Å². The van der Waals surface area contributed by atoms with Gasteiger partial charge in [0.25, 0.3) is 5.91 Å². The summed E-state index contributed by atoms with van der Waals surface area (Å²) in [5.41, 5.74) is -0.551. The van der Waals surface area contributed by atoms with Gasteiger partial charge in [-0.3, -0.25) is 9.78 Å². The second kappa shape index (κ2) is 6.97. The summed E-state index contributed by atoms with van der Waals surface area (Å²) in [7, 11) is 0. The average molecular weight is 401 g/mol. The predicted molar refractivity (Wildman–Crippen MR) is 96.5 cm³/mol. The van der Waals surface area contributed by atoms with Crippen molar-refractivity contribution in [1.29, 1.82) is 0 Å². The Hall–Kier alpha value is -3.82. The van der Waals surface area contributed by atoms with Crippen LogP contribution in [0.2, 0.25) is 0 Å². The smallest absolute Gasteiger partial charge is 0.338 e. The van der Waals surface area contributed by atoms with Gasteiger partial charge in [0.15, 0.2) is 0 Å². The first-order valence-electron chi connectivity index (χ1n) is 8.26. The monoisotopic (exact) mass is 401 g/mol. The molecule has 0 spiro atoms. The van der Waals surface area contributed by atoms with Gasteiger partial charge in [-0.15, -0.1) is 0 Å². The fourth-order valence-corrected chi connectivity index (χ4v) is 2.82. The minimum atomic E-state index is -4.69. The van der Waals surface area contributed by atoms with E-state index in [1.807, 2.05) is 0 Å². The van der Waals surface area contributed by atoms with Crippen LogP contribution in [0.25, 0.3) is 22.4 Å². The Kier molecular flexibility index (Phi) is 4.45. The molecule has 2 aromatic carbocycles. The average Bonchev–Trinajstić information content (AvgIpc) is 3.13. The maximum Gasteiger partial charge on any atom is 0.417 e. The number of hydrogen-bond acceptors (Lipinski definition) is 4. The normalized spacial score (nSPS) is 11.6. The van der Waals surface area contributed by atoms with Crippen molar-refractivity contribution in [3.05, 3.63) is 72.1 Å². The number of nitrogens with one attached hydrogen (secondary N) is 2. The molecule has 1 amide bonds. The highest BCUT2D eigenvalue weighted by molar-refractivity contribution is 6.07. The molecule has 0 aliphatic rings. The summed E-state index contributed by atoms with van der Waals surface area (Å²) < 4.78 is 53.6. The van der Waals surface area contributed by atoms with E-state index in [0.29, 0.717) is 11.6 Å². The van der Waals surface area contributed by atoms with E-state index >= 15 is 0 Å². The van der Waals surface area contributed by atoms with Gasteiger partial charge in [-0.25, -0.2) is 14.4 Å². The Balaban J connectivity index is 1.78. The zero-order valence-electron chi connectivity index (χ0n) is 14.5. The van der Waals surface area contributed by atoms with Crippen LogP contribution in [0.1, 0.15) is 16.1 Å². The van der Waals surface area contributed by atoms with E-state index in [1.165, 1.54) is 24.7 Å². The summed E-state index contributed by atoms with van der Waals surface area (Å²) in [6.07, 6.45) is -0.654. The van der Waals surface area contributed by atoms with Gasteiger partial charge in [-0.2, -0.15) is 13.2 Å². The van der Waals surface area contributed by atoms with E-state index in [9.17, 15) is 22.4 Å². The largest absolute Gasteiger partial charge is 0.417 e. The third-order valence-electron chi connectivity index (χ3n) is 4.10. The number of nitrogens with zero attached hydrogens (tertiary/aromatic N) is 3. The number of amides is 1. The van der Waals surface area contributed by atoms with E-state index in [1.54, 1.807) is 12.1 Å². The number of aromatic nitrogens is 4. The van der Waals surface area contributed by atoms with Gasteiger partial charge in [0.1, 0.15) is 22.9 Å². The molecule has 0 bridgehead atoms. The summed E-state index contributed by atoms with van der Waals surface area (Å²) in [6, 6.07) is 6.87. The summed E-state index contributed by atoms with van der Waals surface area (Å²) in [4.78, 5) is 26.9. The molecule has 0 saturated heterocycles. The number of para-hydroxylation sites is 1. The fraction of sp³-hybridized carbons (Fsp3) is 0.0526. The molecule has 0 saturated carbocycles. The quantitative estimate of drug-likeness (QED) is 0.498. The lowest BCUT2D eigenvalue weighted by atomic mass is 10.1. The highest BCUT2D eigenvalue weighted by Gasteiger charge is 2.34. The first kappa shape index (κ1) is 18.5. The zero-order chi connectivity index (χ0) is 20.6. The molecule has 4 aromatic rings. The maximum absolute atomic E-state index is 13.6. The van der Waals surface area contributed by atoms with Crippen molar-refractivity contribution in [3.8, 4) is 11.4 Å². The van der Waals surface area contributed by atoms with Crippen molar-refractivity contribution in [2.45, 2.75) is 6.18 Å². The topological polar surface area (TPSA) is 83.6 Å². The zero-order valence-corrected chi connectivity index (χ0v) is 14.5. The summed E-state index contributed by atoms with van der Waals surface area (Å²) >= 11 is 0. The lowest BCUT2D eigenvalue weighted by molar-refractivity contribution is -0.137. The van der Waals surface area contributed by atoms with Crippen molar-refractivity contribution in [2.24, 2.45) is 0 Å². The summed E-state index contributed by atoms with van der Waals surface area (Å²) in [5.74, 6) is -1.56. The first-order valence-corrected chi connectivity index (χ1v) is 8.26. The molecule has 0 fully saturated rings. The van der Waals surface area contributed by atoms with Crippen LogP contribution >= 0.6 is 0 Å². The molecule has 0 atom stereocenters. The Labute approximate surface area is 160 Å². The number of carbonyl (C=O) groups is 1. The number of alkyl halides is 3. The van der Waals surface area contributed by atoms with Gasteiger partial charge in [0, 0.05) is 18.0 Å². The Morgan fingerprint density at radius 3 is 2.66 bits per heavy atom. The summed E-state index contributed by atoms with van der Waals surface area (Å²) in [6.45, 7) is 0. The SMILES string of the molecule is O=C(Nc1cccc2[nH]c(-c3cc(F)ccc3C(F)(F)F)nc12)c1cnccn1. The lowest BCUT2D eigenvalue weighted by Crippen LogP contribution is -2.14. The molecule has 0 unspecified atom stereocenters. The second-order valence-electron chi connectivity index (χ2n) is 6.02. The van der Waals surface area contributed by atoms with Gasteiger partial charge < -0.3 is 10.3 Å². The molecule has 10 heteroatoms. The number of halogens is 4. The molecule has 0 aliphatic carbocycles. The van der Waals surface area contributed by atoms with Gasteiger partial charge in [0.2, 0.25) is 0 Å². The predicted octanol–water partition coefficient (Wildman–Crippen LogP) is 4.43. The number of fused-ring (bicyclic) bond motifs is 1. The number of anilines is 1. The molecule has 2 N–H and O–H groups in total. The van der Waals surface area contributed by atoms with Crippen molar-refractivity contribution < 1.29 is 22.4 Å². The lowest BCUT2D eigenvalue weighted by Gasteiger charge is -2.11. The van der Waals surface area contributed by atoms with E-state index in [-0.39, 0.29) is 22.7 Å². The van der Waals surface area contributed by atoms with Crippen molar-refractivity contribution >= 4 is 22.6 Å². The van der Waals surface area contributed by atoms with Gasteiger partial charge in [-0.1, -0.05) is 6.07 Å². The van der Waals surface area contributed by atoms with Gasteiger partial charge in [-0.05, 0) is 30.3 Å². The number of benzene rings is 2. The van der Waals surface area contributed by atoms with Crippen LogP contribution < -0.4 is 5.32 Å². The van der Waals surface area contributed by atoms with Crippen LogP contribution in [0, 0.1) is 5.82 Å². The second-order valence-corrected chi connectivity index (χ2v) is 6.02. The molecule has 4 rings (SSSR count). The highest BCUT2D eigenvalue weighted by atomic mass is 19.4. The number of carbonyl (C=O) groups excluding carboxylic acids is 1. The molecule has 2 heterocycles. The standard InChI is InChI=1S/C19H11F4N5O/c20-10-4-5-12(19(21,22)23)11(8-10)17-26-13-2-1-3-14(16(13)28-17)27-18(29)15-9-24-6-7-25-15/h1-9H,(H,26,28)(H,27,29). The van der Waals surface area contributed by atoms with Crippen molar-refractivity contribution in [1.82, 2.24) is 19.9 Å². The van der Waals surface area contributed by atoms with Crippen LogP contribution in [0.15, 0.2) is 55.0 Å². The highest BCUT2D eigenvalue weighted by Crippen LogP contribution is 2.37. The first-order chi connectivity index (χ1) is 13.8. The molecule has 2 aromatic heterocycles. The van der Waals surface area contributed by atoms with Crippen LogP contribution in [-0.2, 0) is 6.18 Å². The minimum Gasteiger partial charge on any atom is -0.338 e. The van der Waals surface area contributed by atoms with E-state index in [4.69, 9.17) is 0 Å². The van der Waals surface area contributed by atoms with Crippen molar-refractivity contribution in [2.75, 3.05) is 5.32 Å². The minimum absolute atomic E-state index is 0.0600. The van der Waals surface area contributed by atoms with Crippen LogP contribution in [0.4, 0.5) is 23.2 Å². The van der Waals surface area contributed by atoms with Gasteiger partial charge >= 0.3 is 6.18 Å². The number of imidazole rings is 1. The number of H-pyrrole nitrogens is 1. The van der Waals surface area contributed by atoms with E-state index in [2.05, 4.69) is 25.3 Å². The summed E-state index contributed by atoms with van der Waals surface area (Å²) in [5, 5.41) is 2.60. The molecule has 146 valence electrons. The number of rotatable bonds is 3. The molecular weight excluding hydrogens is 390 g/mol. The van der Waals surface area contributed by atoms with Crippen LogP contribution in [0.5, 0.6) is 0 Å². The Morgan fingerprint density at radius 2 is 1.93 bits per heavy atom. The third-order valence-corrected chi connectivity index (χ3v) is 4.10. The van der Waals surface area contributed by atoms with E-state index < -0.39 is 29.0 Å². The van der Waals surface area contributed by atoms with Crippen LogP contribution in [0.3, 0.4) is 0 Å². The molecule has 0 aliphatic heterocycles. The van der Waals surface area contributed by atoms with Crippen molar-refractivity contribution in [3.63, 3.8) is 0 Å². The third kappa shape index (κ3) is 3.64. The Bertz CT molecular complexity index is 1200.